The average Bonchev–Trinajstić information content (AvgIpc) is 2.47. The zero-order valence-electron chi connectivity index (χ0n) is 12.8. The molecule has 0 spiro atoms. The van der Waals surface area contributed by atoms with Gasteiger partial charge in [0.2, 0.25) is 5.91 Å². The van der Waals surface area contributed by atoms with Crippen LogP contribution in [-0.4, -0.2) is 19.1 Å². The number of methoxy groups -OCH3 is 1. The molecule has 1 atom stereocenters. The molecule has 2 aromatic rings. The van der Waals surface area contributed by atoms with E-state index in [1.807, 2.05) is 31.2 Å². The van der Waals surface area contributed by atoms with Gasteiger partial charge < -0.3 is 15.4 Å². The number of ether oxygens (including phenoxy) is 1. The molecule has 0 aliphatic carbocycles. The lowest BCUT2D eigenvalue weighted by atomic mass is 10.2. The fourth-order valence-electron chi connectivity index (χ4n) is 2.07. The summed E-state index contributed by atoms with van der Waals surface area (Å²) in [7, 11) is 1.55. The van der Waals surface area contributed by atoms with Crippen molar-refractivity contribution in [1.29, 1.82) is 0 Å². The first kappa shape index (κ1) is 16.2. The quantitative estimate of drug-likeness (QED) is 0.872. The van der Waals surface area contributed by atoms with Crippen molar-refractivity contribution in [1.82, 2.24) is 0 Å². The Morgan fingerprint density at radius 2 is 2.00 bits per heavy atom. The number of aryl methyl sites for hydroxylation is 1. The average molecular weight is 319 g/mol. The lowest BCUT2D eigenvalue weighted by molar-refractivity contribution is -0.116. The predicted octanol–water partition coefficient (Wildman–Crippen LogP) is 4.10. The summed E-state index contributed by atoms with van der Waals surface area (Å²) in [4.78, 5) is 12.3. The van der Waals surface area contributed by atoms with E-state index < -0.39 is 6.04 Å². The molecule has 2 rings (SSSR count). The highest BCUT2D eigenvalue weighted by Crippen LogP contribution is 2.27. The predicted molar refractivity (Wildman–Crippen MR) is 90.9 cm³/mol. The molecule has 2 aromatic carbocycles. The van der Waals surface area contributed by atoms with E-state index in [-0.39, 0.29) is 5.91 Å². The van der Waals surface area contributed by atoms with Crippen LogP contribution in [0.5, 0.6) is 5.75 Å². The summed E-state index contributed by atoms with van der Waals surface area (Å²) in [6.07, 6.45) is 0. The summed E-state index contributed by atoms with van der Waals surface area (Å²) >= 11 is 5.96. The maximum atomic E-state index is 12.3. The van der Waals surface area contributed by atoms with Gasteiger partial charge in [-0.1, -0.05) is 23.7 Å². The number of nitrogens with one attached hydrogen (secondary N) is 2. The normalized spacial score (nSPS) is 11.6. The molecule has 0 aliphatic rings. The highest BCUT2D eigenvalue weighted by atomic mass is 35.5. The van der Waals surface area contributed by atoms with Gasteiger partial charge in [0.1, 0.15) is 11.8 Å². The van der Waals surface area contributed by atoms with Crippen LogP contribution in [0.4, 0.5) is 11.4 Å². The monoisotopic (exact) mass is 318 g/mol. The molecule has 2 N–H and O–H groups in total. The molecule has 22 heavy (non-hydrogen) atoms. The van der Waals surface area contributed by atoms with Crippen LogP contribution in [0.1, 0.15) is 12.5 Å². The number of halogens is 1. The van der Waals surface area contributed by atoms with Crippen LogP contribution >= 0.6 is 11.6 Å². The van der Waals surface area contributed by atoms with Gasteiger partial charge in [0.05, 0.1) is 12.8 Å². The van der Waals surface area contributed by atoms with Crippen LogP contribution in [0.15, 0.2) is 42.5 Å². The first-order valence-electron chi connectivity index (χ1n) is 6.97. The molecule has 116 valence electrons. The first-order valence-corrected chi connectivity index (χ1v) is 7.35. The fraction of sp³-hybridized carbons (Fsp3) is 0.235. The van der Waals surface area contributed by atoms with Crippen molar-refractivity contribution >= 4 is 28.9 Å². The van der Waals surface area contributed by atoms with E-state index in [1.165, 1.54) is 0 Å². The minimum atomic E-state index is -0.398. The number of benzene rings is 2. The molecule has 0 unspecified atom stereocenters. The summed E-state index contributed by atoms with van der Waals surface area (Å²) < 4.78 is 5.22. The summed E-state index contributed by atoms with van der Waals surface area (Å²) in [6.45, 7) is 3.81. The Balaban J connectivity index is 2.07. The van der Waals surface area contributed by atoms with Gasteiger partial charge in [-0.25, -0.2) is 0 Å². The lowest BCUT2D eigenvalue weighted by Crippen LogP contribution is -2.32. The van der Waals surface area contributed by atoms with E-state index >= 15 is 0 Å². The minimum absolute atomic E-state index is 0.165. The Morgan fingerprint density at radius 3 is 2.68 bits per heavy atom. The van der Waals surface area contributed by atoms with Gasteiger partial charge in [-0.2, -0.15) is 0 Å². The molecule has 0 heterocycles. The number of rotatable bonds is 5. The highest BCUT2D eigenvalue weighted by Gasteiger charge is 2.15. The van der Waals surface area contributed by atoms with Crippen molar-refractivity contribution in [2.24, 2.45) is 0 Å². The number of carbonyl (C=O) groups is 1. The largest absolute Gasteiger partial charge is 0.495 e. The van der Waals surface area contributed by atoms with Crippen molar-refractivity contribution in [2.75, 3.05) is 17.7 Å². The number of hydrogen-bond acceptors (Lipinski definition) is 3. The Kier molecular flexibility index (Phi) is 5.28. The maximum absolute atomic E-state index is 12.3. The van der Waals surface area contributed by atoms with E-state index in [2.05, 4.69) is 10.6 Å². The molecule has 0 saturated carbocycles. The molecule has 0 aromatic heterocycles. The summed E-state index contributed by atoms with van der Waals surface area (Å²) in [6, 6.07) is 12.6. The van der Waals surface area contributed by atoms with Gasteiger partial charge in [0.15, 0.2) is 0 Å². The standard InChI is InChI=1S/C17H19ClN2O2/c1-11-5-4-6-14(9-11)19-12(2)17(21)20-15-10-13(18)7-8-16(15)22-3/h4-10,12,19H,1-3H3,(H,20,21)/t12-/m0/s1. The molecule has 5 heteroatoms. The van der Waals surface area contributed by atoms with Gasteiger partial charge >= 0.3 is 0 Å². The summed E-state index contributed by atoms with van der Waals surface area (Å²) in [5, 5.41) is 6.53. The van der Waals surface area contributed by atoms with Gasteiger partial charge in [-0.3, -0.25) is 4.79 Å². The number of anilines is 2. The molecule has 0 bridgehead atoms. The van der Waals surface area contributed by atoms with Crippen LogP contribution in [0.2, 0.25) is 5.02 Å². The molecule has 0 radical (unpaired) electrons. The highest BCUT2D eigenvalue weighted by molar-refractivity contribution is 6.31. The van der Waals surface area contributed by atoms with Crippen LogP contribution in [-0.2, 0) is 4.79 Å². The Hall–Kier alpha value is -2.20. The third-order valence-corrected chi connectivity index (χ3v) is 3.45. The number of hydrogen-bond donors (Lipinski definition) is 2. The Labute approximate surface area is 135 Å². The topological polar surface area (TPSA) is 50.4 Å². The van der Waals surface area contributed by atoms with E-state index in [9.17, 15) is 4.79 Å². The van der Waals surface area contributed by atoms with Crippen molar-refractivity contribution in [3.8, 4) is 5.75 Å². The summed E-state index contributed by atoms with van der Waals surface area (Å²) in [5.74, 6) is 0.405. The zero-order chi connectivity index (χ0) is 16.1. The molecular weight excluding hydrogens is 300 g/mol. The van der Waals surface area contributed by atoms with Gasteiger partial charge in [-0.05, 0) is 49.7 Å². The number of carbonyl (C=O) groups excluding carboxylic acids is 1. The van der Waals surface area contributed by atoms with Crippen LogP contribution in [0.3, 0.4) is 0 Å². The van der Waals surface area contributed by atoms with Crippen molar-refractivity contribution in [2.45, 2.75) is 19.9 Å². The third kappa shape index (κ3) is 4.15. The molecule has 4 nitrogen and oxygen atoms in total. The first-order chi connectivity index (χ1) is 10.5. The molecule has 0 fully saturated rings. The molecule has 1 amide bonds. The van der Waals surface area contributed by atoms with E-state index in [1.54, 1.807) is 32.2 Å². The second-order valence-corrected chi connectivity index (χ2v) is 5.51. The Morgan fingerprint density at radius 1 is 1.23 bits per heavy atom. The van der Waals surface area contributed by atoms with Gasteiger partial charge in [0, 0.05) is 10.7 Å². The Bertz CT molecular complexity index is 673. The second kappa shape index (κ2) is 7.18. The van der Waals surface area contributed by atoms with E-state index in [4.69, 9.17) is 16.3 Å². The smallest absolute Gasteiger partial charge is 0.246 e. The van der Waals surface area contributed by atoms with E-state index in [0.29, 0.717) is 16.5 Å². The second-order valence-electron chi connectivity index (χ2n) is 5.07. The van der Waals surface area contributed by atoms with Crippen LogP contribution < -0.4 is 15.4 Å². The van der Waals surface area contributed by atoms with Crippen LogP contribution in [0, 0.1) is 6.92 Å². The lowest BCUT2D eigenvalue weighted by Gasteiger charge is -2.17. The van der Waals surface area contributed by atoms with Crippen LogP contribution in [0.25, 0.3) is 0 Å². The van der Waals surface area contributed by atoms with Crippen molar-refractivity contribution < 1.29 is 9.53 Å². The van der Waals surface area contributed by atoms with E-state index in [0.717, 1.165) is 11.3 Å². The molecule has 0 saturated heterocycles. The van der Waals surface area contributed by atoms with Crippen molar-refractivity contribution in [3.63, 3.8) is 0 Å². The maximum Gasteiger partial charge on any atom is 0.246 e. The number of amides is 1. The van der Waals surface area contributed by atoms with Gasteiger partial charge in [-0.15, -0.1) is 0 Å². The third-order valence-electron chi connectivity index (χ3n) is 3.21. The molecular formula is C17H19ClN2O2. The molecule has 0 aliphatic heterocycles. The van der Waals surface area contributed by atoms with Crippen molar-refractivity contribution in [3.05, 3.63) is 53.1 Å². The van der Waals surface area contributed by atoms with Gasteiger partial charge in [0.25, 0.3) is 0 Å². The SMILES string of the molecule is COc1ccc(Cl)cc1NC(=O)[C@H](C)Nc1cccc(C)c1. The fourth-order valence-corrected chi connectivity index (χ4v) is 2.24. The zero-order valence-corrected chi connectivity index (χ0v) is 13.6. The minimum Gasteiger partial charge on any atom is -0.495 e. The summed E-state index contributed by atoms with van der Waals surface area (Å²) in [5.41, 5.74) is 2.59.